The van der Waals surface area contributed by atoms with Crippen molar-refractivity contribution < 1.29 is 4.74 Å². The van der Waals surface area contributed by atoms with Crippen LogP contribution in [0, 0.1) is 0 Å². The van der Waals surface area contributed by atoms with E-state index in [1.807, 2.05) is 13.0 Å². The molecule has 3 nitrogen and oxygen atoms in total. The van der Waals surface area contributed by atoms with Crippen LogP contribution in [-0.2, 0) is 6.54 Å². The first-order valence-corrected chi connectivity index (χ1v) is 6.14. The monoisotopic (exact) mass is 234 g/mol. The largest absolute Gasteiger partial charge is 0.491 e. The number of hydrogen-bond acceptors (Lipinski definition) is 3. The fraction of sp³-hybridized carbons (Fsp3) is 0.500. The zero-order chi connectivity index (χ0) is 12.5. The van der Waals surface area contributed by atoms with Crippen molar-refractivity contribution in [3.8, 4) is 5.75 Å². The van der Waals surface area contributed by atoms with Crippen LogP contribution < -0.4 is 10.1 Å². The molecule has 1 aromatic heterocycles. The first-order chi connectivity index (χ1) is 8.24. The van der Waals surface area contributed by atoms with Crippen LogP contribution in [0.3, 0.4) is 0 Å². The summed E-state index contributed by atoms with van der Waals surface area (Å²) in [7, 11) is 0. The second-order valence-corrected chi connectivity index (χ2v) is 4.22. The molecule has 0 atom stereocenters. The Morgan fingerprint density at radius 3 is 3.06 bits per heavy atom. The van der Waals surface area contributed by atoms with E-state index in [4.69, 9.17) is 4.74 Å². The lowest BCUT2D eigenvalue weighted by Gasteiger charge is -2.11. The van der Waals surface area contributed by atoms with Gasteiger partial charge in [-0.1, -0.05) is 12.5 Å². The van der Waals surface area contributed by atoms with Gasteiger partial charge in [-0.15, -0.1) is 6.58 Å². The van der Waals surface area contributed by atoms with E-state index in [0.29, 0.717) is 6.61 Å². The minimum absolute atomic E-state index is 0.668. The van der Waals surface area contributed by atoms with Crippen LogP contribution in [-0.4, -0.2) is 18.1 Å². The predicted molar refractivity (Wildman–Crippen MR) is 71.2 cm³/mol. The SMILES string of the molecule is C=C(C)CCOc1cnccc1CNCCC. The quantitative estimate of drug-likeness (QED) is 0.554. The van der Waals surface area contributed by atoms with Gasteiger partial charge in [0.05, 0.1) is 12.8 Å². The third-order valence-electron chi connectivity index (χ3n) is 2.40. The van der Waals surface area contributed by atoms with Gasteiger partial charge in [-0.25, -0.2) is 0 Å². The summed E-state index contributed by atoms with van der Waals surface area (Å²) >= 11 is 0. The Hall–Kier alpha value is -1.35. The third-order valence-corrected chi connectivity index (χ3v) is 2.40. The second-order valence-electron chi connectivity index (χ2n) is 4.22. The Labute approximate surface area is 104 Å². The molecule has 0 aliphatic rings. The molecule has 0 amide bonds. The van der Waals surface area contributed by atoms with Gasteiger partial charge in [-0.3, -0.25) is 4.98 Å². The average Bonchev–Trinajstić information content (AvgIpc) is 2.31. The van der Waals surface area contributed by atoms with E-state index in [-0.39, 0.29) is 0 Å². The highest BCUT2D eigenvalue weighted by molar-refractivity contribution is 5.29. The van der Waals surface area contributed by atoms with E-state index in [1.165, 1.54) is 0 Å². The number of nitrogens with one attached hydrogen (secondary N) is 1. The van der Waals surface area contributed by atoms with Crippen molar-refractivity contribution >= 4 is 0 Å². The minimum Gasteiger partial charge on any atom is -0.491 e. The van der Waals surface area contributed by atoms with Crippen LogP contribution in [0.15, 0.2) is 30.6 Å². The highest BCUT2D eigenvalue weighted by Gasteiger charge is 2.02. The summed E-state index contributed by atoms with van der Waals surface area (Å²) in [6.45, 7) is 10.6. The molecule has 0 saturated heterocycles. The van der Waals surface area contributed by atoms with Crippen molar-refractivity contribution in [2.45, 2.75) is 33.2 Å². The van der Waals surface area contributed by atoms with Crippen molar-refractivity contribution in [2.24, 2.45) is 0 Å². The van der Waals surface area contributed by atoms with Gasteiger partial charge in [0.2, 0.25) is 0 Å². The number of nitrogens with zero attached hydrogens (tertiary/aromatic N) is 1. The maximum Gasteiger partial charge on any atom is 0.142 e. The normalized spacial score (nSPS) is 10.2. The molecule has 0 aliphatic carbocycles. The second kappa shape index (κ2) is 7.85. The zero-order valence-electron chi connectivity index (χ0n) is 10.8. The number of ether oxygens (including phenoxy) is 1. The van der Waals surface area contributed by atoms with Crippen LogP contribution in [0.4, 0.5) is 0 Å². The Kier molecular flexibility index (Phi) is 6.33. The van der Waals surface area contributed by atoms with Crippen LogP contribution >= 0.6 is 0 Å². The van der Waals surface area contributed by atoms with E-state index in [2.05, 4.69) is 23.8 Å². The van der Waals surface area contributed by atoms with Crippen molar-refractivity contribution in [1.82, 2.24) is 10.3 Å². The number of aromatic nitrogens is 1. The summed E-state index contributed by atoms with van der Waals surface area (Å²) < 4.78 is 5.72. The topological polar surface area (TPSA) is 34.1 Å². The number of pyridine rings is 1. The number of rotatable bonds is 8. The average molecular weight is 234 g/mol. The molecule has 1 aromatic rings. The molecular formula is C14H22N2O. The van der Waals surface area contributed by atoms with Crippen LogP contribution in [0.2, 0.25) is 0 Å². The summed E-state index contributed by atoms with van der Waals surface area (Å²) in [6.07, 6.45) is 5.60. The van der Waals surface area contributed by atoms with Crippen LogP contribution in [0.25, 0.3) is 0 Å². The maximum atomic E-state index is 5.72. The molecule has 1 heterocycles. The van der Waals surface area contributed by atoms with Crippen molar-refractivity contribution in [3.05, 3.63) is 36.2 Å². The lowest BCUT2D eigenvalue weighted by Crippen LogP contribution is -2.15. The van der Waals surface area contributed by atoms with Crippen molar-refractivity contribution in [2.75, 3.05) is 13.2 Å². The fourth-order valence-electron chi connectivity index (χ4n) is 1.42. The number of hydrogen-bond donors (Lipinski definition) is 1. The van der Waals surface area contributed by atoms with E-state index >= 15 is 0 Å². The van der Waals surface area contributed by atoms with Gasteiger partial charge in [0, 0.05) is 24.7 Å². The summed E-state index contributed by atoms with van der Waals surface area (Å²) in [5, 5.41) is 3.37. The molecule has 0 unspecified atom stereocenters. The molecule has 1 N–H and O–H groups in total. The van der Waals surface area contributed by atoms with Gasteiger partial charge in [-0.2, -0.15) is 0 Å². The Bertz CT molecular complexity index is 350. The van der Waals surface area contributed by atoms with Gasteiger partial charge < -0.3 is 10.1 Å². The lowest BCUT2D eigenvalue weighted by molar-refractivity contribution is 0.316. The molecule has 3 heteroatoms. The smallest absolute Gasteiger partial charge is 0.142 e. The molecule has 0 aliphatic heterocycles. The molecule has 1 rings (SSSR count). The molecule has 94 valence electrons. The van der Waals surface area contributed by atoms with Crippen molar-refractivity contribution in [3.63, 3.8) is 0 Å². The first-order valence-electron chi connectivity index (χ1n) is 6.14. The Balaban J connectivity index is 2.48. The van der Waals surface area contributed by atoms with Crippen LogP contribution in [0.1, 0.15) is 32.3 Å². The fourth-order valence-corrected chi connectivity index (χ4v) is 1.42. The van der Waals surface area contributed by atoms with Gasteiger partial charge >= 0.3 is 0 Å². The highest BCUT2D eigenvalue weighted by atomic mass is 16.5. The minimum atomic E-state index is 0.668. The highest BCUT2D eigenvalue weighted by Crippen LogP contribution is 2.16. The standard InChI is InChI=1S/C14H22N2O/c1-4-7-15-10-13-5-8-16-11-14(13)17-9-6-12(2)3/h5,8,11,15H,2,4,6-7,9-10H2,1,3H3. The zero-order valence-corrected chi connectivity index (χ0v) is 10.8. The first kappa shape index (κ1) is 13.7. The molecule has 0 fully saturated rings. The maximum absolute atomic E-state index is 5.72. The summed E-state index contributed by atoms with van der Waals surface area (Å²) in [5.41, 5.74) is 2.30. The molecular weight excluding hydrogens is 212 g/mol. The summed E-state index contributed by atoms with van der Waals surface area (Å²) in [4.78, 5) is 4.10. The van der Waals surface area contributed by atoms with Gasteiger partial charge in [0.15, 0.2) is 0 Å². The Morgan fingerprint density at radius 1 is 1.53 bits per heavy atom. The van der Waals surface area contributed by atoms with E-state index in [9.17, 15) is 0 Å². The van der Waals surface area contributed by atoms with Crippen LogP contribution in [0.5, 0.6) is 5.75 Å². The molecule has 17 heavy (non-hydrogen) atoms. The van der Waals surface area contributed by atoms with Gasteiger partial charge in [-0.05, 0) is 26.0 Å². The molecule has 0 radical (unpaired) electrons. The molecule has 0 bridgehead atoms. The summed E-state index contributed by atoms with van der Waals surface area (Å²) in [6, 6.07) is 2.00. The Morgan fingerprint density at radius 2 is 2.35 bits per heavy atom. The predicted octanol–water partition coefficient (Wildman–Crippen LogP) is 2.93. The van der Waals surface area contributed by atoms with E-state index in [1.54, 1.807) is 12.4 Å². The van der Waals surface area contributed by atoms with E-state index in [0.717, 1.165) is 42.8 Å². The van der Waals surface area contributed by atoms with Gasteiger partial charge in [0.25, 0.3) is 0 Å². The molecule has 0 aromatic carbocycles. The third kappa shape index (κ3) is 5.50. The summed E-state index contributed by atoms with van der Waals surface area (Å²) in [5.74, 6) is 0.873. The molecule has 0 saturated carbocycles. The lowest BCUT2D eigenvalue weighted by atomic mass is 10.2. The van der Waals surface area contributed by atoms with Gasteiger partial charge in [0.1, 0.15) is 5.75 Å². The van der Waals surface area contributed by atoms with E-state index < -0.39 is 0 Å². The molecule has 0 spiro atoms. The van der Waals surface area contributed by atoms with Crippen molar-refractivity contribution in [1.29, 1.82) is 0 Å².